The first-order valence-electron chi connectivity index (χ1n) is 6.69. The minimum atomic E-state index is 0.567. The number of imidazole rings is 1. The van der Waals surface area contributed by atoms with Gasteiger partial charge in [-0.25, -0.2) is 4.98 Å². The van der Waals surface area contributed by atoms with Crippen LogP contribution in [0.15, 0.2) is 43.0 Å². The topological polar surface area (TPSA) is 39.5 Å². The largest absolute Gasteiger partial charge is 0.491 e. The molecule has 0 aliphatic rings. The third-order valence-electron chi connectivity index (χ3n) is 2.82. The van der Waals surface area contributed by atoms with Gasteiger partial charge in [0, 0.05) is 24.6 Å². The van der Waals surface area contributed by atoms with E-state index in [2.05, 4.69) is 9.88 Å². The van der Waals surface area contributed by atoms with Gasteiger partial charge in [0.2, 0.25) is 0 Å². The first-order chi connectivity index (χ1) is 9.75. The second-order valence-corrected chi connectivity index (χ2v) is 4.73. The van der Waals surface area contributed by atoms with E-state index in [4.69, 9.17) is 9.47 Å². The van der Waals surface area contributed by atoms with Gasteiger partial charge in [0.05, 0.1) is 19.5 Å². The lowest BCUT2D eigenvalue weighted by Gasteiger charge is -2.11. The number of benzene rings is 1. The van der Waals surface area contributed by atoms with Crippen LogP contribution < -0.4 is 4.74 Å². The number of aromatic nitrogens is 2. The standard InChI is InChI=1S/C15H21N3O2/c1-17(2)9-10-19-11-12-20-15-5-3-14(4-6-15)18-8-7-16-13-18/h3-8,13H,9-12H2,1-2H3. The quantitative estimate of drug-likeness (QED) is 0.689. The minimum absolute atomic E-state index is 0.567. The number of rotatable bonds is 8. The normalized spacial score (nSPS) is 10.9. The first kappa shape index (κ1) is 14.6. The zero-order chi connectivity index (χ0) is 14.2. The van der Waals surface area contributed by atoms with Crippen molar-refractivity contribution in [3.05, 3.63) is 43.0 Å². The highest BCUT2D eigenvalue weighted by atomic mass is 16.5. The molecule has 0 atom stereocenters. The van der Waals surface area contributed by atoms with Crippen molar-refractivity contribution in [1.82, 2.24) is 14.5 Å². The smallest absolute Gasteiger partial charge is 0.119 e. The second-order valence-electron chi connectivity index (χ2n) is 4.73. The SMILES string of the molecule is CN(C)CCOCCOc1ccc(-n2ccnc2)cc1. The Morgan fingerprint density at radius 3 is 2.55 bits per heavy atom. The minimum Gasteiger partial charge on any atom is -0.491 e. The second kappa shape index (κ2) is 7.67. The molecule has 0 saturated carbocycles. The molecule has 0 unspecified atom stereocenters. The van der Waals surface area contributed by atoms with Gasteiger partial charge in [-0.2, -0.15) is 0 Å². The maximum absolute atomic E-state index is 5.62. The van der Waals surface area contributed by atoms with Gasteiger partial charge in [-0.05, 0) is 38.4 Å². The number of hydrogen-bond acceptors (Lipinski definition) is 4. The van der Waals surface area contributed by atoms with Gasteiger partial charge >= 0.3 is 0 Å². The van der Waals surface area contributed by atoms with Crippen LogP contribution >= 0.6 is 0 Å². The van der Waals surface area contributed by atoms with Crippen molar-refractivity contribution < 1.29 is 9.47 Å². The molecule has 2 aromatic rings. The molecule has 2 rings (SSSR count). The first-order valence-corrected chi connectivity index (χ1v) is 6.69. The summed E-state index contributed by atoms with van der Waals surface area (Å²) in [6.07, 6.45) is 5.44. The highest BCUT2D eigenvalue weighted by Gasteiger charge is 1.97. The summed E-state index contributed by atoms with van der Waals surface area (Å²) < 4.78 is 13.0. The van der Waals surface area contributed by atoms with E-state index >= 15 is 0 Å². The maximum Gasteiger partial charge on any atom is 0.119 e. The fraction of sp³-hybridized carbons (Fsp3) is 0.400. The third-order valence-corrected chi connectivity index (χ3v) is 2.82. The highest BCUT2D eigenvalue weighted by molar-refractivity contribution is 5.37. The van der Waals surface area contributed by atoms with E-state index in [1.54, 1.807) is 12.5 Å². The van der Waals surface area contributed by atoms with E-state index in [9.17, 15) is 0 Å². The molecule has 0 amide bonds. The Hall–Kier alpha value is -1.85. The Morgan fingerprint density at radius 1 is 1.10 bits per heavy atom. The molecule has 0 saturated heterocycles. The van der Waals surface area contributed by atoms with E-state index in [1.807, 2.05) is 49.1 Å². The van der Waals surface area contributed by atoms with Crippen LogP contribution in [-0.4, -0.2) is 54.9 Å². The van der Waals surface area contributed by atoms with Crippen molar-refractivity contribution in [2.75, 3.05) is 40.5 Å². The van der Waals surface area contributed by atoms with Gasteiger partial charge in [-0.3, -0.25) is 0 Å². The molecule has 0 N–H and O–H groups in total. The monoisotopic (exact) mass is 275 g/mol. The summed E-state index contributed by atoms with van der Waals surface area (Å²) in [4.78, 5) is 6.12. The van der Waals surface area contributed by atoms with Crippen LogP contribution in [-0.2, 0) is 4.74 Å². The lowest BCUT2D eigenvalue weighted by Crippen LogP contribution is -2.19. The molecule has 0 spiro atoms. The van der Waals surface area contributed by atoms with Crippen LogP contribution in [0.5, 0.6) is 5.75 Å². The van der Waals surface area contributed by atoms with Crippen LogP contribution in [0.1, 0.15) is 0 Å². The molecular formula is C15H21N3O2. The molecule has 0 aliphatic carbocycles. The molecule has 0 radical (unpaired) electrons. The molecule has 20 heavy (non-hydrogen) atoms. The van der Waals surface area contributed by atoms with Crippen LogP contribution in [0.2, 0.25) is 0 Å². The maximum atomic E-state index is 5.62. The lowest BCUT2D eigenvalue weighted by atomic mass is 10.3. The van der Waals surface area contributed by atoms with Crippen LogP contribution in [0.4, 0.5) is 0 Å². The molecule has 0 fully saturated rings. The average molecular weight is 275 g/mol. The fourth-order valence-corrected chi connectivity index (χ4v) is 1.69. The van der Waals surface area contributed by atoms with E-state index in [0.717, 1.165) is 24.6 Å². The third kappa shape index (κ3) is 4.68. The van der Waals surface area contributed by atoms with E-state index in [1.165, 1.54) is 0 Å². The summed E-state index contributed by atoms with van der Waals surface area (Å²) in [5, 5.41) is 0. The Labute approximate surface area is 119 Å². The van der Waals surface area contributed by atoms with Gasteiger partial charge in [-0.1, -0.05) is 0 Å². The van der Waals surface area contributed by atoms with E-state index in [-0.39, 0.29) is 0 Å². The highest BCUT2D eigenvalue weighted by Crippen LogP contribution is 2.14. The summed E-state index contributed by atoms with van der Waals surface area (Å²) in [6.45, 7) is 2.84. The Bertz CT molecular complexity index is 480. The summed E-state index contributed by atoms with van der Waals surface area (Å²) in [5.41, 5.74) is 1.07. The van der Waals surface area contributed by atoms with Crippen molar-refractivity contribution in [2.24, 2.45) is 0 Å². The van der Waals surface area contributed by atoms with E-state index < -0.39 is 0 Å². The zero-order valence-electron chi connectivity index (χ0n) is 12.0. The van der Waals surface area contributed by atoms with Crippen molar-refractivity contribution in [2.45, 2.75) is 0 Å². The Kier molecular flexibility index (Phi) is 5.58. The molecular weight excluding hydrogens is 254 g/mol. The lowest BCUT2D eigenvalue weighted by molar-refractivity contribution is 0.0890. The van der Waals surface area contributed by atoms with Crippen LogP contribution in [0.3, 0.4) is 0 Å². The fourth-order valence-electron chi connectivity index (χ4n) is 1.69. The number of hydrogen-bond donors (Lipinski definition) is 0. The average Bonchev–Trinajstić information content (AvgIpc) is 2.97. The summed E-state index contributed by atoms with van der Waals surface area (Å²) in [7, 11) is 4.06. The number of likely N-dealkylation sites (N-methyl/N-ethyl adjacent to an activating group) is 1. The van der Waals surface area contributed by atoms with Crippen LogP contribution in [0.25, 0.3) is 5.69 Å². The molecule has 1 aromatic heterocycles. The molecule has 0 bridgehead atoms. The van der Waals surface area contributed by atoms with Crippen molar-refractivity contribution in [3.8, 4) is 11.4 Å². The molecule has 5 heteroatoms. The Balaban J connectivity index is 1.69. The summed E-state index contributed by atoms with van der Waals surface area (Å²) in [6, 6.07) is 7.91. The molecule has 5 nitrogen and oxygen atoms in total. The van der Waals surface area contributed by atoms with E-state index in [0.29, 0.717) is 13.2 Å². The van der Waals surface area contributed by atoms with Gasteiger partial charge in [0.1, 0.15) is 12.4 Å². The van der Waals surface area contributed by atoms with Crippen molar-refractivity contribution in [1.29, 1.82) is 0 Å². The molecule has 108 valence electrons. The number of nitrogens with zero attached hydrogens (tertiary/aromatic N) is 3. The predicted octanol–water partition coefficient (Wildman–Crippen LogP) is 1.83. The molecule has 0 aliphatic heterocycles. The van der Waals surface area contributed by atoms with Crippen molar-refractivity contribution >= 4 is 0 Å². The summed E-state index contributed by atoms with van der Waals surface area (Å²) >= 11 is 0. The summed E-state index contributed by atoms with van der Waals surface area (Å²) in [5.74, 6) is 0.852. The molecule has 1 heterocycles. The van der Waals surface area contributed by atoms with Gasteiger partial charge < -0.3 is 18.9 Å². The zero-order valence-corrected chi connectivity index (χ0v) is 12.0. The van der Waals surface area contributed by atoms with Gasteiger partial charge in [0.15, 0.2) is 0 Å². The van der Waals surface area contributed by atoms with Crippen LogP contribution in [0, 0.1) is 0 Å². The number of ether oxygens (including phenoxy) is 2. The molecule has 1 aromatic carbocycles. The van der Waals surface area contributed by atoms with Gasteiger partial charge in [0.25, 0.3) is 0 Å². The predicted molar refractivity (Wildman–Crippen MR) is 78.4 cm³/mol. The van der Waals surface area contributed by atoms with Crippen molar-refractivity contribution in [3.63, 3.8) is 0 Å². The Morgan fingerprint density at radius 2 is 1.90 bits per heavy atom. The van der Waals surface area contributed by atoms with Gasteiger partial charge in [-0.15, -0.1) is 0 Å².